The Morgan fingerprint density at radius 2 is 1.94 bits per heavy atom. The van der Waals surface area contributed by atoms with E-state index >= 15 is 0 Å². The van der Waals surface area contributed by atoms with Gasteiger partial charge < -0.3 is 11.5 Å². The normalized spacial score (nSPS) is 24.7. The SMILES string of the molecule is NC1=CCC(N)(N=Nc2ccccc2)C=C1. The second kappa shape index (κ2) is 4.28. The summed E-state index contributed by atoms with van der Waals surface area (Å²) in [5.41, 5.74) is 12.4. The van der Waals surface area contributed by atoms with E-state index in [9.17, 15) is 0 Å². The van der Waals surface area contributed by atoms with Gasteiger partial charge >= 0.3 is 0 Å². The van der Waals surface area contributed by atoms with Crippen LogP contribution in [-0.2, 0) is 0 Å². The predicted molar refractivity (Wildman–Crippen MR) is 63.9 cm³/mol. The first-order valence-electron chi connectivity index (χ1n) is 5.10. The van der Waals surface area contributed by atoms with Crippen LogP contribution in [-0.4, -0.2) is 5.66 Å². The maximum absolute atomic E-state index is 6.02. The first-order valence-corrected chi connectivity index (χ1v) is 5.10. The van der Waals surface area contributed by atoms with Crippen LogP contribution in [0, 0.1) is 0 Å². The van der Waals surface area contributed by atoms with Crippen molar-refractivity contribution < 1.29 is 0 Å². The monoisotopic (exact) mass is 214 g/mol. The van der Waals surface area contributed by atoms with E-state index in [1.54, 1.807) is 12.2 Å². The minimum atomic E-state index is -0.765. The molecular formula is C12H14N4. The molecule has 0 aromatic heterocycles. The van der Waals surface area contributed by atoms with Crippen molar-refractivity contribution >= 4 is 5.69 Å². The Bertz CT molecular complexity index is 447. The number of rotatable bonds is 2. The fourth-order valence-corrected chi connectivity index (χ4v) is 1.38. The molecule has 1 aliphatic rings. The Morgan fingerprint density at radius 3 is 2.56 bits per heavy atom. The largest absolute Gasteiger partial charge is 0.399 e. The highest BCUT2D eigenvalue weighted by atomic mass is 15.2. The van der Waals surface area contributed by atoms with E-state index in [1.807, 2.05) is 36.4 Å². The van der Waals surface area contributed by atoms with E-state index < -0.39 is 5.66 Å². The van der Waals surface area contributed by atoms with Gasteiger partial charge in [0, 0.05) is 12.1 Å². The Balaban J connectivity index is 2.11. The maximum atomic E-state index is 6.02. The molecule has 4 heteroatoms. The lowest BCUT2D eigenvalue weighted by atomic mass is 10.0. The molecule has 16 heavy (non-hydrogen) atoms. The summed E-state index contributed by atoms with van der Waals surface area (Å²) < 4.78 is 0. The van der Waals surface area contributed by atoms with Crippen LogP contribution in [0.5, 0.6) is 0 Å². The van der Waals surface area contributed by atoms with Gasteiger partial charge in [-0.1, -0.05) is 24.3 Å². The molecule has 0 saturated heterocycles. The third-order valence-electron chi connectivity index (χ3n) is 2.34. The van der Waals surface area contributed by atoms with Gasteiger partial charge in [0.05, 0.1) is 5.69 Å². The van der Waals surface area contributed by atoms with Gasteiger partial charge in [-0.25, -0.2) is 0 Å². The molecule has 0 bridgehead atoms. The molecule has 1 aliphatic carbocycles. The zero-order valence-electron chi connectivity index (χ0n) is 8.88. The summed E-state index contributed by atoms with van der Waals surface area (Å²) in [5.74, 6) is 0. The van der Waals surface area contributed by atoms with Gasteiger partial charge in [-0.15, -0.1) is 0 Å². The lowest BCUT2D eigenvalue weighted by Gasteiger charge is -2.20. The zero-order valence-corrected chi connectivity index (χ0v) is 8.88. The zero-order chi connectivity index (χ0) is 11.4. The quantitative estimate of drug-likeness (QED) is 0.740. The third-order valence-corrected chi connectivity index (χ3v) is 2.34. The molecule has 0 aliphatic heterocycles. The van der Waals surface area contributed by atoms with Gasteiger partial charge in [-0.2, -0.15) is 10.2 Å². The van der Waals surface area contributed by atoms with Gasteiger partial charge in [0.25, 0.3) is 0 Å². The fourth-order valence-electron chi connectivity index (χ4n) is 1.38. The molecule has 2 rings (SSSR count). The smallest absolute Gasteiger partial charge is 0.152 e. The summed E-state index contributed by atoms with van der Waals surface area (Å²) in [5, 5.41) is 8.24. The second-order valence-corrected chi connectivity index (χ2v) is 3.77. The van der Waals surface area contributed by atoms with Crippen molar-refractivity contribution in [2.24, 2.45) is 21.7 Å². The van der Waals surface area contributed by atoms with Gasteiger partial charge in [-0.3, -0.25) is 0 Å². The van der Waals surface area contributed by atoms with Crippen molar-refractivity contribution in [3.05, 3.63) is 54.3 Å². The average Bonchev–Trinajstić information content (AvgIpc) is 2.33. The molecule has 1 atom stereocenters. The van der Waals surface area contributed by atoms with Crippen LogP contribution >= 0.6 is 0 Å². The number of hydrogen-bond acceptors (Lipinski definition) is 4. The van der Waals surface area contributed by atoms with E-state index in [2.05, 4.69) is 10.2 Å². The first kappa shape index (κ1) is 10.6. The van der Waals surface area contributed by atoms with Crippen molar-refractivity contribution in [3.8, 4) is 0 Å². The van der Waals surface area contributed by atoms with E-state index in [1.165, 1.54) is 0 Å². The molecule has 0 spiro atoms. The summed E-state index contributed by atoms with van der Waals surface area (Å²) >= 11 is 0. The highest BCUT2D eigenvalue weighted by Crippen LogP contribution is 2.21. The van der Waals surface area contributed by atoms with Crippen LogP contribution in [0.2, 0.25) is 0 Å². The second-order valence-electron chi connectivity index (χ2n) is 3.77. The number of nitrogens with two attached hydrogens (primary N) is 2. The van der Waals surface area contributed by atoms with Gasteiger partial charge in [0.15, 0.2) is 5.66 Å². The lowest BCUT2D eigenvalue weighted by molar-refractivity contribution is 0.530. The van der Waals surface area contributed by atoms with Gasteiger partial charge in [0.2, 0.25) is 0 Å². The summed E-state index contributed by atoms with van der Waals surface area (Å²) in [6.07, 6.45) is 5.96. The fraction of sp³-hybridized carbons (Fsp3) is 0.167. The van der Waals surface area contributed by atoms with Crippen molar-refractivity contribution in [2.45, 2.75) is 12.1 Å². The molecule has 1 unspecified atom stereocenters. The number of allylic oxidation sites excluding steroid dienone is 1. The molecule has 82 valence electrons. The number of nitrogens with zero attached hydrogens (tertiary/aromatic N) is 2. The topological polar surface area (TPSA) is 76.8 Å². The molecule has 0 radical (unpaired) electrons. The van der Waals surface area contributed by atoms with Crippen molar-refractivity contribution in [3.63, 3.8) is 0 Å². The predicted octanol–water partition coefficient (Wildman–Crippen LogP) is 2.23. The highest BCUT2D eigenvalue weighted by Gasteiger charge is 2.21. The van der Waals surface area contributed by atoms with Crippen LogP contribution in [0.3, 0.4) is 0 Å². The summed E-state index contributed by atoms with van der Waals surface area (Å²) in [7, 11) is 0. The summed E-state index contributed by atoms with van der Waals surface area (Å²) in [4.78, 5) is 0. The Hall–Kier alpha value is -1.94. The van der Waals surface area contributed by atoms with Gasteiger partial charge in [-0.05, 0) is 24.3 Å². The molecule has 0 heterocycles. The standard InChI is InChI=1S/C12H14N4/c13-10-6-8-12(14,9-7-10)16-15-11-4-2-1-3-5-11/h1-8H,9,13-14H2. The van der Waals surface area contributed by atoms with Crippen LogP contribution in [0.25, 0.3) is 0 Å². The van der Waals surface area contributed by atoms with E-state index in [0.717, 1.165) is 11.4 Å². The molecule has 4 N–H and O–H groups in total. The van der Waals surface area contributed by atoms with Crippen molar-refractivity contribution in [1.82, 2.24) is 0 Å². The Labute approximate surface area is 94.4 Å². The van der Waals surface area contributed by atoms with Crippen LogP contribution in [0.4, 0.5) is 5.69 Å². The van der Waals surface area contributed by atoms with Crippen molar-refractivity contribution in [2.75, 3.05) is 0 Å². The van der Waals surface area contributed by atoms with Crippen LogP contribution in [0.1, 0.15) is 6.42 Å². The number of azo groups is 1. The average molecular weight is 214 g/mol. The Morgan fingerprint density at radius 1 is 1.19 bits per heavy atom. The highest BCUT2D eigenvalue weighted by molar-refractivity contribution is 5.35. The van der Waals surface area contributed by atoms with Crippen molar-refractivity contribution in [1.29, 1.82) is 0 Å². The molecule has 1 aromatic rings. The minimum Gasteiger partial charge on any atom is -0.399 e. The van der Waals surface area contributed by atoms with E-state index in [-0.39, 0.29) is 0 Å². The molecule has 0 amide bonds. The summed E-state index contributed by atoms with van der Waals surface area (Å²) in [6, 6.07) is 9.51. The van der Waals surface area contributed by atoms with E-state index in [4.69, 9.17) is 11.5 Å². The number of hydrogen-bond donors (Lipinski definition) is 2. The molecule has 4 nitrogen and oxygen atoms in total. The van der Waals surface area contributed by atoms with Crippen LogP contribution < -0.4 is 11.5 Å². The Kier molecular flexibility index (Phi) is 2.83. The lowest BCUT2D eigenvalue weighted by Crippen LogP contribution is -2.35. The van der Waals surface area contributed by atoms with Crippen LogP contribution in [0.15, 0.2) is 64.5 Å². The molecule has 1 aromatic carbocycles. The van der Waals surface area contributed by atoms with Gasteiger partial charge in [0.1, 0.15) is 0 Å². The first-order chi connectivity index (χ1) is 7.68. The molecular weight excluding hydrogens is 200 g/mol. The molecule has 0 fully saturated rings. The summed E-state index contributed by atoms with van der Waals surface area (Å²) in [6.45, 7) is 0. The minimum absolute atomic E-state index is 0.575. The molecule has 0 saturated carbocycles. The van der Waals surface area contributed by atoms with E-state index in [0.29, 0.717) is 6.42 Å². The third kappa shape index (κ3) is 2.55. The maximum Gasteiger partial charge on any atom is 0.152 e. The number of benzene rings is 1.